The Bertz CT molecular complexity index is 383. The monoisotopic (exact) mass is 254 g/mol. The molecule has 2 N–H and O–H groups in total. The van der Waals surface area contributed by atoms with Gasteiger partial charge in [0, 0.05) is 12.2 Å². The van der Waals surface area contributed by atoms with Gasteiger partial charge in [-0.2, -0.15) is 0 Å². The minimum Gasteiger partial charge on any atom is -0.326 e. The second kappa shape index (κ2) is 5.52. The molecule has 1 aromatic carbocycles. The molecule has 1 aliphatic rings. The second-order valence-corrected chi connectivity index (χ2v) is 4.81. The van der Waals surface area contributed by atoms with Crippen LogP contribution in [0.1, 0.15) is 18.9 Å². The Hall–Kier alpha value is -1.06. The highest BCUT2D eigenvalue weighted by Gasteiger charge is 2.36. The van der Waals surface area contributed by atoms with Gasteiger partial charge in [0.1, 0.15) is 0 Å². The van der Waals surface area contributed by atoms with Gasteiger partial charge in [0.2, 0.25) is 5.91 Å². The van der Waals surface area contributed by atoms with E-state index in [0.717, 1.165) is 25.2 Å². The largest absolute Gasteiger partial charge is 0.326 e. The summed E-state index contributed by atoms with van der Waals surface area (Å²) < 4.78 is 0. The molecule has 1 atom stereocenters. The molecule has 1 fully saturated rings. The summed E-state index contributed by atoms with van der Waals surface area (Å²) in [5.74, 6) is 0.112. The number of halogens is 1. The third kappa shape index (κ3) is 3.20. The number of amides is 1. The zero-order chi connectivity index (χ0) is 11.6. The van der Waals surface area contributed by atoms with Crippen molar-refractivity contribution in [2.45, 2.75) is 20.3 Å². The number of anilines is 1. The quantitative estimate of drug-likeness (QED) is 0.851. The first-order chi connectivity index (χ1) is 7.60. The van der Waals surface area contributed by atoms with Crippen molar-refractivity contribution in [3.05, 3.63) is 29.8 Å². The number of rotatable bonds is 2. The number of aryl methyl sites for hydroxylation is 1. The van der Waals surface area contributed by atoms with Gasteiger partial charge >= 0.3 is 0 Å². The van der Waals surface area contributed by atoms with E-state index in [1.807, 2.05) is 38.1 Å². The number of hydrogen-bond acceptors (Lipinski definition) is 2. The number of benzene rings is 1. The zero-order valence-electron chi connectivity index (χ0n) is 10.2. The molecule has 1 amide bonds. The lowest BCUT2D eigenvalue weighted by Crippen LogP contribution is -2.35. The molecule has 0 saturated carbocycles. The van der Waals surface area contributed by atoms with Crippen LogP contribution in [0.5, 0.6) is 0 Å². The highest BCUT2D eigenvalue weighted by atomic mass is 35.5. The fourth-order valence-corrected chi connectivity index (χ4v) is 1.93. The van der Waals surface area contributed by atoms with Crippen molar-refractivity contribution in [3.63, 3.8) is 0 Å². The zero-order valence-corrected chi connectivity index (χ0v) is 11.1. The van der Waals surface area contributed by atoms with Gasteiger partial charge in [-0.1, -0.05) is 17.7 Å². The first kappa shape index (κ1) is 14.0. The molecule has 2 rings (SSSR count). The van der Waals surface area contributed by atoms with E-state index in [9.17, 15) is 4.79 Å². The topological polar surface area (TPSA) is 41.1 Å². The van der Waals surface area contributed by atoms with E-state index >= 15 is 0 Å². The molecule has 0 spiro atoms. The van der Waals surface area contributed by atoms with Crippen LogP contribution in [-0.2, 0) is 4.79 Å². The Labute approximate surface area is 108 Å². The Morgan fingerprint density at radius 2 is 2.00 bits per heavy atom. The molecule has 1 saturated heterocycles. The number of carbonyl (C=O) groups is 1. The van der Waals surface area contributed by atoms with Gasteiger partial charge in [-0.25, -0.2) is 0 Å². The van der Waals surface area contributed by atoms with Crippen LogP contribution in [0.4, 0.5) is 5.69 Å². The van der Waals surface area contributed by atoms with Gasteiger partial charge in [-0.15, -0.1) is 12.4 Å². The molecule has 94 valence electrons. The smallest absolute Gasteiger partial charge is 0.231 e. The van der Waals surface area contributed by atoms with Crippen LogP contribution in [0, 0.1) is 12.3 Å². The lowest BCUT2D eigenvalue weighted by Gasteiger charge is -2.21. The van der Waals surface area contributed by atoms with Crippen LogP contribution in [0.3, 0.4) is 0 Å². The Morgan fingerprint density at radius 1 is 1.35 bits per heavy atom. The summed E-state index contributed by atoms with van der Waals surface area (Å²) in [5.41, 5.74) is 1.82. The maximum atomic E-state index is 12.1. The first-order valence-corrected chi connectivity index (χ1v) is 5.69. The summed E-state index contributed by atoms with van der Waals surface area (Å²) in [6, 6.07) is 7.90. The number of nitrogens with one attached hydrogen (secondary N) is 2. The molecular formula is C13H19ClN2O. The molecule has 3 nitrogen and oxygen atoms in total. The minimum atomic E-state index is -0.259. The van der Waals surface area contributed by atoms with Gasteiger partial charge in [0.05, 0.1) is 5.41 Å². The van der Waals surface area contributed by atoms with Crippen LogP contribution in [-0.4, -0.2) is 19.0 Å². The molecule has 1 unspecified atom stereocenters. The molecule has 1 aromatic rings. The van der Waals surface area contributed by atoms with E-state index in [-0.39, 0.29) is 23.7 Å². The average Bonchev–Trinajstić information content (AvgIpc) is 2.70. The predicted octanol–water partition coefficient (Wildman–Crippen LogP) is 2.35. The van der Waals surface area contributed by atoms with E-state index in [1.54, 1.807) is 0 Å². The standard InChI is InChI=1S/C13H18N2O.ClH/c1-10-3-5-11(6-4-10)15-12(16)13(2)7-8-14-9-13;/h3-6,14H,7-9H2,1-2H3,(H,15,16);1H. The molecule has 1 aliphatic heterocycles. The molecule has 0 bridgehead atoms. The van der Waals surface area contributed by atoms with Gasteiger partial charge in [-0.05, 0) is 38.9 Å². The minimum absolute atomic E-state index is 0. The molecule has 17 heavy (non-hydrogen) atoms. The maximum absolute atomic E-state index is 12.1. The number of carbonyl (C=O) groups excluding carboxylic acids is 1. The van der Waals surface area contributed by atoms with E-state index < -0.39 is 0 Å². The van der Waals surface area contributed by atoms with Crippen LogP contribution in [0.25, 0.3) is 0 Å². The van der Waals surface area contributed by atoms with Crippen molar-refractivity contribution in [1.82, 2.24) is 5.32 Å². The highest BCUT2D eigenvalue weighted by Crippen LogP contribution is 2.26. The summed E-state index contributed by atoms with van der Waals surface area (Å²) in [6.07, 6.45) is 0.907. The van der Waals surface area contributed by atoms with Gasteiger partial charge in [0.15, 0.2) is 0 Å². The summed E-state index contributed by atoms with van der Waals surface area (Å²) in [4.78, 5) is 12.1. The van der Waals surface area contributed by atoms with Crippen LogP contribution in [0.15, 0.2) is 24.3 Å². The Kier molecular flexibility index (Phi) is 4.54. The fraction of sp³-hybridized carbons (Fsp3) is 0.462. The SMILES string of the molecule is Cc1ccc(NC(=O)C2(C)CCNC2)cc1.Cl. The van der Waals surface area contributed by atoms with Crippen molar-refractivity contribution in [1.29, 1.82) is 0 Å². The fourth-order valence-electron chi connectivity index (χ4n) is 1.93. The molecular weight excluding hydrogens is 236 g/mol. The summed E-state index contributed by atoms with van der Waals surface area (Å²) in [5, 5.41) is 6.20. The molecule has 0 aromatic heterocycles. The summed E-state index contributed by atoms with van der Waals surface area (Å²) in [6.45, 7) is 5.74. The van der Waals surface area contributed by atoms with Crippen LogP contribution >= 0.6 is 12.4 Å². The number of hydrogen-bond donors (Lipinski definition) is 2. The van der Waals surface area contributed by atoms with Gasteiger partial charge in [0.25, 0.3) is 0 Å². The van der Waals surface area contributed by atoms with Crippen molar-refractivity contribution in [2.75, 3.05) is 18.4 Å². The van der Waals surface area contributed by atoms with E-state index in [4.69, 9.17) is 0 Å². The summed E-state index contributed by atoms with van der Waals surface area (Å²) >= 11 is 0. The third-order valence-electron chi connectivity index (χ3n) is 3.23. The second-order valence-electron chi connectivity index (χ2n) is 4.81. The average molecular weight is 255 g/mol. The molecule has 0 radical (unpaired) electrons. The van der Waals surface area contributed by atoms with Crippen LogP contribution < -0.4 is 10.6 Å². The van der Waals surface area contributed by atoms with Crippen molar-refractivity contribution in [2.24, 2.45) is 5.41 Å². The third-order valence-corrected chi connectivity index (χ3v) is 3.23. The lowest BCUT2D eigenvalue weighted by atomic mass is 9.89. The predicted molar refractivity (Wildman–Crippen MR) is 72.7 cm³/mol. The van der Waals surface area contributed by atoms with Crippen molar-refractivity contribution in [3.8, 4) is 0 Å². The van der Waals surface area contributed by atoms with Gasteiger partial charge < -0.3 is 10.6 Å². The molecule has 1 heterocycles. The van der Waals surface area contributed by atoms with Crippen molar-refractivity contribution < 1.29 is 4.79 Å². The van der Waals surface area contributed by atoms with E-state index in [0.29, 0.717) is 0 Å². The Morgan fingerprint density at radius 3 is 2.53 bits per heavy atom. The van der Waals surface area contributed by atoms with Gasteiger partial charge in [-0.3, -0.25) is 4.79 Å². The molecule has 4 heteroatoms. The first-order valence-electron chi connectivity index (χ1n) is 5.69. The maximum Gasteiger partial charge on any atom is 0.231 e. The summed E-state index contributed by atoms with van der Waals surface area (Å²) in [7, 11) is 0. The lowest BCUT2D eigenvalue weighted by molar-refractivity contribution is -0.123. The van der Waals surface area contributed by atoms with Crippen LogP contribution in [0.2, 0.25) is 0 Å². The Balaban J connectivity index is 0.00000144. The van der Waals surface area contributed by atoms with E-state index in [2.05, 4.69) is 10.6 Å². The highest BCUT2D eigenvalue weighted by molar-refractivity contribution is 5.95. The van der Waals surface area contributed by atoms with Crippen molar-refractivity contribution >= 4 is 24.0 Å². The molecule has 0 aliphatic carbocycles. The normalized spacial score (nSPS) is 22.9. The van der Waals surface area contributed by atoms with E-state index in [1.165, 1.54) is 5.56 Å².